The lowest BCUT2D eigenvalue weighted by Crippen LogP contribution is -2.33. The first-order valence-corrected chi connectivity index (χ1v) is 11.0. The Balaban J connectivity index is 1.67. The minimum Gasteiger partial charge on any atom is -0.495 e. The van der Waals surface area contributed by atoms with Gasteiger partial charge < -0.3 is 26.4 Å². The minimum atomic E-state index is -4.51. The Hall–Kier alpha value is -4.28. The molecule has 5 N–H and O–H groups in total. The van der Waals surface area contributed by atoms with Crippen LogP contribution in [0.5, 0.6) is 5.75 Å². The fourth-order valence-corrected chi connectivity index (χ4v) is 3.22. The second kappa shape index (κ2) is 11.4. The summed E-state index contributed by atoms with van der Waals surface area (Å²) in [5.74, 6) is -0.309. The monoisotopic (exact) mass is 500 g/mol. The number of nitrogens with two attached hydrogens (primary N) is 1. The molecule has 0 unspecified atom stereocenters. The van der Waals surface area contributed by atoms with Crippen molar-refractivity contribution < 1.29 is 22.7 Å². The van der Waals surface area contributed by atoms with Crippen LogP contribution in [0.15, 0.2) is 65.8 Å². The lowest BCUT2D eigenvalue weighted by Gasteiger charge is -2.13. The number of benzene rings is 2. The molecule has 0 bridgehead atoms. The molecular weight excluding hydrogens is 473 g/mol. The summed E-state index contributed by atoms with van der Waals surface area (Å²) < 4.78 is 42.3. The van der Waals surface area contributed by atoms with E-state index >= 15 is 0 Å². The van der Waals surface area contributed by atoms with Crippen LogP contribution in [-0.2, 0) is 0 Å². The van der Waals surface area contributed by atoms with Gasteiger partial charge in [-0.2, -0.15) is 18.2 Å². The smallest absolute Gasteiger partial charge is 0.405 e. The van der Waals surface area contributed by atoms with E-state index in [1.807, 2.05) is 35.6 Å². The van der Waals surface area contributed by atoms with Crippen LogP contribution in [0.1, 0.15) is 24.2 Å². The summed E-state index contributed by atoms with van der Waals surface area (Å²) in [5.41, 5.74) is 9.32. The van der Waals surface area contributed by atoms with Gasteiger partial charge in [0.25, 0.3) is 5.91 Å². The Labute approximate surface area is 206 Å². The van der Waals surface area contributed by atoms with E-state index in [-0.39, 0.29) is 17.3 Å². The highest BCUT2D eigenvalue weighted by Gasteiger charge is 2.28. The summed E-state index contributed by atoms with van der Waals surface area (Å²) in [6, 6.07) is 16.0. The highest BCUT2D eigenvalue weighted by Crippen LogP contribution is 2.26. The van der Waals surface area contributed by atoms with Gasteiger partial charge in [-0.1, -0.05) is 12.1 Å². The lowest BCUT2D eigenvalue weighted by atomic mass is 10.1. The minimum absolute atomic E-state index is 0.00226. The number of carbonyl (C=O) groups is 1. The molecular formula is C25H27F3N6O2. The van der Waals surface area contributed by atoms with Crippen molar-refractivity contribution in [2.75, 3.05) is 24.3 Å². The quantitative estimate of drug-likeness (QED) is 0.258. The van der Waals surface area contributed by atoms with Crippen molar-refractivity contribution in [3.05, 3.63) is 66.4 Å². The average molecular weight is 501 g/mol. The molecule has 0 aliphatic rings. The van der Waals surface area contributed by atoms with Gasteiger partial charge in [0.05, 0.1) is 12.8 Å². The standard InChI is InChI=1S/C25H27F3N6O2/c1-15(2)32-19-8-4-16(5-9-19)18-7-11-22(30-13-18)34-24(29)33-20-10-6-17(12-21(20)36-3)23(35)31-14-25(26,27)28/h4-13,15,32H,14H2,1-3H3,(H,31,35)(H3,29,30,33,34). The molecule has 11 heteroatoms. The third kappa shape index (κ3) is 7.62. The van der Waals surface area contributed by atoms with Crippen molar-refractivity contribution in [3.63, 3.8) is 0 Å². The number of carbonyl (C=O) groups excluding carboxylic acids is 1. The van der Waals surface area contributed by atoms with Gasteiger partial charge in [0.1, 0.15) is 12.3 Å². The number of methoxy groups -OCH3 is 1. The fraction of sp³-hybridized carbons (Fsp3) is 0.240. The van der Waals surface area contributed by atoms with Crippen LogP contribution in [0.25, 0.3) is 11.1 Å². The normalized spacial score (nSPS) is 11.8. The molecule has 0 radical (unpaired) electrons. The van der Waals surface area contributed by atoms with Gasteiger partial charge >= 0.3 is 6.18 Å². The molecule has 0 saturated heterocycles. The predicted molar refractivity (Wildman–Crippen MR) is 135 cm³/mol. The van der Waals surface area contributed by atoms with Crippen LogP contribution in [0, 0.1) is 0 Å². The van der Waals surface area contributed by atoms with Crippen molar-refractivity contribution in [1.29, 1.82) is 0 Å². The Kier molecular flexibility index (Phi) is 8.36. The van der Waals surface area contributed by atoms with E-state index in [2.05, 4.69) is 34.5 Å². The van der Waals surface area contributed by atoms with E-state index in [1.165, 1.54) is 25.3 Å². The zero-order valence-corrected chi connectivity index (χ0v) is 20.0. The van der Waals surface area contributed by atoms with Gasteiger partial charge in [-0.05, 0) is 61.9 Å². The number of aliphatic imine (C=N–C) groups is 1. The Morgan fingerprint density at radius 3 is 2.36 bits per heavy atom. The molecule has 36 heavy (non-hydrogen) atoms. The van der Waals surface area contributed by atoms with Crippen molar-refractivity contribution >= 4 is 29.1 Å². The average Bonchev–Trinajstić information content (AvgIpc) is 2.83. The Bertz CT molecular complexity index is 1210. The predicted octanol–water partition coefficient (Wildman–Crippen LogP) is 4.93. The number of hydrogen-bond donors (Lipinski definition) is 4. The Morgan fingerprint density at radius 1 is 1.08 bits per heavy atom. The molecule has 0 atom stereocenters. The highest BCUT2D eigenvalue weighted by molar-refractivity contribution is 5.98. The zero-order chi connectivity index (χ0) is 26.3. The number of ether oxygens (including phenoxy) is 1. The Morgan fingerprint density at radius 2 is 1.78 bits per heavy atom. The molecule has 0 aliphatic heterocycles. The van der Waals surface area contributed by atoms with Gasteiger partial charge in [0.2, 0.25) is 0 Å². The van der Waals surface area contributed by atoms with E-state index in [0.29, 0.717) is 17.5 Å². The molecule has 3 aromatic rings. The molecule has 0 saturated carbocycles. The van der Waals surface area contributed by atoms with Crippen molar-refractivity contribution in [1.82, 2.24) is 10.3 Å². The second-order valence-corrected chi connectivity index (χ2v) is 8.12. The summed E-state index contributed by atoms with van der Waals surface area (Å²) in [5, 5.41) is 7.99. The molecule has 0 spiro atoms. The van der Waals surface area contributed by atoms with E-state index < -0.39 is 18.6 Å². The van der Waals surface area contributed by atoms with Gasteiger partial charge in [-0.25, -0.2) is 4.98 Å². The molecule has 190 valence electrons. The largest absolute Gasteiger partial charge is 0.495 e. The van der Waals surface area contributed by atoms with E-state index in [4.69, 9.17) is 10.5 Å². The third-order valence-corrected chi connectivity index (χ3v) is 4.83. The number of aromatic nitrogens is 1. The number of anilines is 2. The maximum absolute atomic E-state index is 12.3. The molecule has 1 amide bonds. The number of pyridine rings is 1. The van der Waals surface area contributed by atoms with Crippen LogP contribution < -0.4 is 26.4 Å². The number of rotatable bonds is 8. The summed E-state index contributed by atoms with van der Waals surface area (Å²) in [6.07, 6.45) is -2.82. The maximum Gasteiger partial charge on any atom is 0.405 e. The number of halogens is 3. The van der Waals surface area contributed by atoms with Crippen LogP contribution in [0.2, 0.25) is 0 Å². The molecule has 8 nitrogen and oxygen atoms in total. The molecule has 0 aliphatic carbocycles. The van der Waals surface area contributed by atoms with Crippen LogP contribution in [0.3, 0.4) is 0 Å². The van der Waals surface area contributed by atoms with Crippen LogP contribution in [-0.4, -0.2) is 42.7 Å². The first kappa shape index (κ1) is 26.3. The van der Waals surface area contributed by atoms with Crippen molar-refractivity contribution in [2.24, 2.45) is 10.7 Å². The molecule has 2 aromatic carbocycles. The first-order chi connectivity index (χ1) is 17.0. The summed E-state index contributed by atoms with van der Waals surface area (Å²) in [6.45, 7) is 2.72. The molecule has 1 aromatic heterocycles. The van der Waals surface area contributed by atoms with Crippen LogP contribution >= 0.6 is 0 Å². The van der Waals surface area contributed by atoms with E-state index in [9.17, 15) is 18.0 Å². The van der Waals surface area contributed by atoms with E-state index in [1.54, 1.807) is 12.3 Å². The van der Waals surface area contributed by atoms with E-state index in [0.717, 1.165) is 16.8 Å². The van der Waals surface area contributed by atoms with Gasteiger partial charge in [0, 0.05) is 29.1 Å². The SMILES string of the molecule is COc1cc(C(=O)NCC(F)(F)F)ccc1NC(N)=Nc1ccc(-c2ccc(NC(C)C)cc2)cn1. The number of alkyl halides is 3. The zero-order valence-electron chi connectivity index (χ0n) is 20.0. The van der Waals surface area contributed by atoms with Gasteiger partial charge in [-0.15, -0.1) is 0 Å². The first-order valence-electron chi connectivity index (χ1n) is 11.0. The maximum atomic E-state index is 12.3. The summed E-state index contributed by atoms with van der Waals surface area (Å²) >= 11 is 0. The molecule has 3 rings (SSSR count). The highest BCUT2D eigenvalue weighted by atomic mass is 19.4. The van der Waals surface area contributed by atoms with Crippen molar-refractivity contribution in [3.8, 4) is 16.9 Å². The number of guanidine groups is 1. The molecule has 0 fully saturated rings. The van der Waals surface area contributed by atoms with Crippen molar-refractivity contribution in [2.45, 2.75) is 26.1 Å². The summed E-state index contributed by atoms with van der Waals surface area (Å²) in [4.78, 5) is 20.5. The molecule has 1 heterocycles. The third-order valence-electron chi connectivity index (χ3n) is 4.83. The number of nitrogens with one attached hydrogen (secondary N) is 3. The topological polar surface area (TPSA) is 114 Å². The summed E-state index contributed by atoms with van der Waals surface area (Å²) in [7, 11) is 1.36. The second-order valence-electron chi connectivity index (χ2n) is 8.12. The van der Waals surface area contributed by atoms with Gasteiger partial charge in [-0.3, -0.25) is 4.79 Å². The lowest BCUT2D eigenvalue weighted by molar-refractivity contribution is -0.123. The number of nitrogens with zero attached hydrogens (tertiary/aromatic N) is 2. The van der Waals surface area contributed by atoms with Crippen LogP contribution in [0.4, 0.5) is 30.4 Å². The number of hydrogen-bond acceptors (Lipinski definition) is 5. The fourth-order valence-electron chi connectivity index (χ4n) is 3.22. The number of amides is 1. The van der Waals surface area contributed by atoms with Gasteiger partial charge in [0.15, 0.2) is 11.8 Å².